The number of hydrogen-bond acceptors (Lipinski definition) is 2. The number of aromatic nitrogens is 2. The Morgan fingerprint density at radius 2 is 2.00 bits per heavy atom. The maximum Gasteiger partial charge on any atom is 0.294 e. The molecule has 0 saturated carbocycles. The van der Waals surface area contributed by atoms with E-state index in [2.05, 4.69) is 21.0 Å². The summed E-state index contributed by atoms with van der Waals surface area (Å²) < 4.78 is 2.31. The largest absolute Gasteiger partial charge is 0.393 e. The molecule has 0 fully saturated rings. The molecule has 1 heterocycles. The molecule has 5 heteroatoms. The monoisotopic (exact) mass is 295 g/mol. The third-order valence-corrected chi connectivity index (χ3v) is 3.30. The Morgan fingerprint density at radius 1 is 1.35 bits per heavy atom. The van der Waals surface area contributed by atoms with Gasteiger partial charge in [-0.2, -0.15) is 0 Å². The van der Waals surface area contributed by atoms with Crippen LogP contribution in [0, 0.1) is 0 Å². The standard InChI is InChI=1S/C12H14BrN3O/c1-7(2)11-10(14)12(17)16(15-11)9-6-4-3-5-8(9)13/h3-7,15H,14H2,1-2H3. The van der Waals surface area contributed by atoms with Crippen LogP contribution >= 0.6 is 15.9 Å². The predicted molar refractivity (Wildman–Crippen MR) is 72.6 cm³/mol. The zero-order valence-electron chi connectivity index (χ0n) is 9.70. The van der Waals surface area contributed by atoms with Crippen LogP contribution in [0.2, 0.25) is 0 Å². The molecular formula is C12H14BrN3O. The zero-order valence-corrected chi connectivity index (χ0v) is 11.3. The van der Waals surface area contributed by atoms with E-state index in [9.17, 15) is 4.79 Å². The first kappa shape index (κ1) is 12.0. The number of nitrogens with zero attached hydrogens (tertiary/aromatic N) is 1. The molecule has 2 aromatic rings. The van der Waals surface area contributed by atoms with Crippen LogP contribution in [0.5, 0.6) is 0 Å². The number of nitrogens with one attached hydrogen (secondary N) is 1. The summed E-state index contributed by atoms with van der Waals surface area (Å²) in [7, 11) is 0. The average molecular weight is 296 g/mol. The maximum atomic E-state index is 12.0. The molecule has 0 amide bonds. The van der Waals surface area contributed by atoms with Gasteiger partial charge in [0, 0.05) is 4.47 Å². The summed E-state index contributed by atoms with van der Waals surface area (Å²) in [4.78, 5) is 12.0. The molecule has 0 bridgehead atoms. The topological polar surface area (TPSA) is 63.8 Å². The van der Waals surface area contributed by atoms with Crippen LogP contribution in [0.15, 0.2) is 33.5 Å². The number of benzene rings is 1. The summed E-state index contributed by atoms with van der Waals surface area (Å²) in [6, 6.07) is 7.51. The lowest BCUT2D eigenvalue weighted by atomic mass is 10.1. The van der Waals surface area contributed by atoms with Crippen molar-refractivity contribution >= 4 is 21.6 Å². The van der Waals surface area contributed by atoms with Gasteiger partial charge in [0.15, 0.2) is 0 Å². The van der Waals surface area contributed by atoms with Crippen molar-refractivity contribution in [1.29, 1.82) is 0 Å². The van der Waals surface area contributed by atoms with Gasteiger partial charge >= 0.3 is 0 Å². The molecule has 90 valence electrons. The van der Waals surface area contributed by atoms with E-state index in [0.29, 0.717) is 0 Å². The Hall–Kier alpha value is -1.49. The summed E-state index contributed by atoms with van der Waals surface area (Å²) in [5.74, 6) is 0.187. The minimum absolute atomic E-state index is 0.187. The molecule has 0 atom stereocenters. The van der Waals surface area contributed by atoms with Gasteiger partial charge in [0.25, 0.3) is 5.56 Å². The first-order valence-corrected chi connectivity index (χ1v) is 6.17. The van der Waals surface area contributed by atoms with E-state index in [1.165, 1.54) is 4.68 Å². The lowest BCUT2D eigenvalue weighted by Crippen LogP contribution is -2.16. The number of H-pyrrole nitrogens is 1. The highest BCUT2D eigenvalue weighted by Crippen LogP contribution is 2.22. The van der Waals surface area contributed by atoms with E-state index >= 15 is 0 Å². The fraction of sp³-hybridized carbons (Fsp3) is 0.250. The van der Waals surface area contributed by atoms with E-state index < -0.39 is 0 Å². The van der Waals surface area contributed by atoms with Gasteiger partial charge in [0.1, 0.15) is 5.69 Å². The van der Waals surface area contributed by atoms with Crippen molar-refractivity contribution in [1.82, 2.24) is 9.78 Å². The van der Waals surface area contributed by atoms with Crippen molar-refractivity contribution < 1.29 is 0 Å². The van der Waals surface area contributed by atoms with Gasteiger partial charge in [0.05, 0.1) is 11.4 Å². The molecule has 4 nitrogen and oxygen atoms in total. The van der Waals surface area contributed by atoms with Crippen LogP contribution in [0.1, 0.15) is 25.5 Å². The van der Waals surface area contributed by atoms with Crippen molar-refractivity contribution in [2.75, 3.05) is 5.73 Å². The van der Waals surface area contributed by atoms with E-state index in [1.54, 1.807) is 0 Å². The second kappa shape index (κ2) is 4.41. The number of rotatable bonds is 2. The first-order chi connectivity index (χ1) is 8.02. The van der Waals surface area contributed by atoms with Crippen molar-refractivity contribution in [2.24, 2.45) is 0 Å². The van der Waals surface area contributed by atoms with Gasteiger partial charge in [-0.25, -0.2) is 4.68 Å². The van der Waals surface area contributed by atoms with Gasteiger partial charge in [0.2, 0.25) is 0 Å². The molecule has 1 aromatic carbocycles. The molecule has 0 aliphatic rings. The molecule has 0 spiro atoms. The van der Waals surface area contributed by atoms with Crippen molar-refractivity contribution in [2.45, 2.75) is 19.8 Å². The second-order valence-electron chi connectivity index (χ2n) is 4.19. The lowest BCUT2D eigenvalue weighted by molar-refractivity contribution is 0.759. The van der Waals surface area contributed by atoms with Crippen LogP contribution in [0.3, 0.4) is 0 Å². The molecule has 0 radical (unpaired) electrons. The number of halogens is 1. The molecule has 0 aliphatic carbocycles. The third kappa shape index (κ3) is 2.02. The number of nitrogen functional groups attached to an aromatic ring is 1. The van der Waals surface area contributed by atoms with Gasteiger partial charge in [-0.05, 0) is 34.0 Å². The maximum absolute atomic E-state index is 12.0. The summed E-state index contributed by atoms with van der Waals surface area (Å²) in [5, 5.41) is 3.06. The average Bonchev–Trinajstić information content (AvgIpc) is 2.57. The molecule has 0 unspecified atom stereocenters. The summed E-state index contributed by atoms with van der Waals surface area (Å²) in [6.45, 7) is 3.98. The summed E-state index contributed by atoms with van der Waals surface area (Å²) in [6.07, 6.45) is 0. The zero-order chi connectivity index (χ0) is 12.6. The fourth-order valence-corrected chi connectivity index (χ4v) is 2.17. The smallest absolute Gasteiger partial charge is 0.294 e. The highest BCUT2D eigenvalue weighted by molar-refractivity contribution is 9.10. The van der Waals surface area contributed by atoms with Gasteiger partial charge < -0.3 is 5.73 Å². The number of nitrogens with two attached hydrogens (primary N) is 1. The van der Waals surface area contributed by atoms with Crippen molar-refractivity contribution in [3.05, 3.63) is 44.8 Å². The van der Waals surface area contributed by atoms with E-state index in [-0.39, 0.29) is 17.2 Å². The Labute approximate surface area is 108 Å². The molecule has 2 rings (SSSR count). The van der Waals surface area contributed by atoms with E-state index in [4.69, 9.17) is 5.73 Å². The molecule has 0 saturated heterocycles. The Bertz CT molecular complexity index is 598. The number of hydrogen-bond donors (Lipinski definition) is 2. The molecule has 1 aromatic heterocycles. The van der Waals surface area contributed by atoms with Crippen LogP contribution in [0.25, 0.3) is 5.69 Å². The van der Waals surface area contributed by atoms with Crippen LogP contribution in [0.4, 0.5) is 5.69 Å². The Kier molecular flexibility index (Phi) is 3.11. The van der Waals surface area contributed by atoms with Gasteiger partial charge in [-0.3, -0.25) is 9.89 Å². The number of anilines is 1. The van der Waals surface area contributed by atoms with Crippen molar-refractivity contribution in [3.63, 3.8) is 0 Å². The van der Waals surface area contributed by atoms with Crippen molar-refractivity contribution in [3.8, 4) is 5.69 Å². The fourth-order valence-electron chi connectivity index (χ4n) is 1.71. The molecule has 17 heavy (non-hydrogen) atoms. The molecule has 0 aliphatic heterocycles. The van der Waals surface area contributed by atoms with E-state index in [0.717, 1.165) is 15.9 Å². The SMILES string of the molecule is CC(C)c1[nH]n(-c2ccccc2Br)c(=O)c1N. The number of para-hydroxylation sites is 1. The summed E-state index contributed by atoms with van der Waals surface area (Å²) in [5.41, 5.74) is 7.42. The minimum Gasteiger partial charge on any atom is -0.393 e. The summed E-state index contributed by atoms with van der Waals surface area (Å²) >= 11 is 3.42. The second-order valence-corrected chi connectivity index (χ2v) is 5.04. The van der Waals surface area contributed by atoms with Crippen LogP contribution in [-0.2, 0) is 0 Å². The first-order valence-electron chi connectivity index (χ1n) is 5.37. The third-order valence-electron chi connectivity index (χ3n) is 2.63. The Morgan fingerprint density at radius 3 is 2.53 bits per heavy atom. The minimum atomic E-state index is -0.208. The quantitative estimate of drug-likeness (QED) is 0.894. The van der Waals surface area contributed by atoms with Crippen LogP contribution < -0.4 is 11.3 Å². The number of aromatic amines is 1. The predicted octanol–water partition coefficient (Wildman–Crippen LogP) is 2.63. The highest BCUT2D eigenvalue weighted by atomic mass is 79.9. The van der Waals surface area contributed by atoms with E-state index in [1.807, 2.05) is 38.1 Å². The Balaban J connectivity index is 2.66. The van der Waals surface area contributed by atoms with Gasteiger partial charge in [-0.15, -0.1) is 0 Å². The lowest BCUT2D eigenvalue weighted by Gasteiger charge is -2.05. The molecule has 3 N–H and O–H groups in total. The van der Waals surface area contributed by atoms with Gasteiger partial charge in [-0.1, -0.05) is 26.0 Å². The van der Waals surface area contributed by atoms with Crippen LogP contribution in [-0.4, -0.2) is 9.78 Å². The normalized spacial score (nSPS) is 11.1. The molecular weight excluding hydrogens is 282 g/mol. The highest BCUT2D eigenvalue weighted by Gasteiger charge is 2.15.